The Balaban J connectivity index is 0.000000450. The summed E-state index contributed by atoms with van der Waals surface area (Å²) in [4.78, 5) is 0. The Morgan fingerprint density at radius 3 is 1.60 bits per heavy atom. The van der Waals surface area contributed by atoms with Gasteiger partial charge in [0, 0.05) is 7.92 Å². The van der Waals surface area contributed by atoms with E-state index in [9.17, 15) is 0 Å². The van der Waals surface area contributed by atoms with Gasteiger partial charge in [-0.3, -0.25) is 0 Å². The molecule has 5 heteroatoms. The van der Waals surface area contributed by atoms with Crippen LogP contribution in [0.1, 0.15) is 77.6 Å². The fraction of sp³-hybridized carbons (Fsp3) is 0.950. The van der Waals surface area contributed by atoms with Crippen LogP contribution in [0, 0.1) is 0 Å². The van der Waals surface area contributed by atoms with Crippen molar-refractivity contribution < 1.29 is 18.0 Å². The fourth-order valence-corrected chi connectivity index (χ4v) is 10.8. The summed E-state index contributed by atoms with van der Waals surface area (Å²) in [6, 6.07) is 0. The van der Waals surface area contributed by atoms with E-state index in [-0.39, 0.29) is 7.92 Å². The molecule has 0 aromatic rings. The SMILES string of the molecule is CC[CH]=[Ru]([Cl])[Cl].C[N+](C)(C)CC[PH+](C1CCCCC1)C1CCCCC1. The number of quaternary nitrogens is 1. The van der Waals surface area contributed by atoms with Gasteiger partial charge in [0.1, 0.15) is 12.7 Å². The summed E-state index contributed by atoms with van der Waals surface area (Å²) in [6.07, 6.45) is 18.1. The van der Waals surface area contributed by atoms with Crippen molar-refractivity contribution in [2.45, 2.75) is 88.9 Å². The Morgan fingerprint density at radius 2 is 1.32 bits per heavy atom. The average molecular weight is 500 g/mol. The summed E-state index contributed by atoms with van der Waals surface area (Å²) >= 11 is -1.39. The first-order valence-electron chi connectivity index (χ1n) is 10.3. The summed E-state index contributed by atoms with van der Waals surface area (Å²) < 4.78 is 3.14. The summed E-state index contributed by atoms with van der Waals surface area (Å²) in [7, 11) is 17.9. The van der Waals surface area contributed by atoms with Crippen LogP contribution in [0.3, 0.4) is 0 Å². The molecule has 0 aliphatic heterocycles. The predicted molar refractivity (Wildman–Crippen MR) is 118 cm³/mol. The van der Waals surface area contributed by atoms with Crippen molar-refractivity contribution in [3.05, 3.63) is 0 Å². The van der Waals surface area contributed by atoms with Crippen molar-refractivity contribution in [2.24, 2.45) is 0 Å². The van der Waals surface area contributed by atoms with E-state index < -0.39 is 13.5 Å². The Morgan fingerprint density at radius 1 is 0.880 bits per heavy atom. The van der Waals surface area contributed by atoms with Crippen LogP contribution in [0.25, 0.3) is 0 Å². The molecule has 25 heavy (non-hydrogen) atoms. The first kappa shape index (κ1) is 24.5. The molecule has 0 heterocycles. The molecule has 0 unspecified atom stereocenters. The van der Waals surface area contributed by atoms with Gasteiger partial charge in [0.05, 0.1) is 32.5 Å². The topological polar surface area (TPSA) is 0 Å². The number of hydrogen-bond acceptors (Lipinski definition) is 0. The second kappa shape index (κ2) is 13.6. The van der Waals surface area contributed by atoms with Crippen LogP contribution in [0.2, 0.25) is 0 Å². The third-order valence-electron chi connectivity index (χ3n) is 5.58. The van der Waals surface area contributed by atoms with Crippen LogP contribution in [-0.4, -0.2) is 54.3 Å². The first-order valence-corrected chi connectivity index (χ1v) is 17.6. The number of hydrogen-bond donors (Lipinski definition) is 0. The Kier molecular flexibility index (Phi) is 13.3. The van der Waals surface area contributed by atoms with Gasteiger partial charge in [0.15, 0.2) is 0 Å². The van der Waals surface area contributed by atoms with Crippen molar-refractivity contribution >= 4 is 31.9 Å². The molecule has 0 aromatic heterocycles. The molecule has 152 valence electrons. The Labute approximate surface area is 172 Å². The van der Waals surface area contributed by atoms with Crippen LogP contribution < -0.4 is 0 Å². The first-order chi connectivity index (χ1) is 11.8. The quantitative estimate of drug-likeness (QED) is 0.217. The monoisotopic (exact) mass is 499 g/mol. The molecule has 2 fully saturated rings. The van der Waals surface area contributed by atoms with Gasteiger partial charge >= 0.3 is 50.9 Å². The maximum Gasteiger partial charge on any atom is 0.112 e. The van der Waals surface area contributed by atoms with E-state index >= 15 is 0 Å². The minimum Gasteiger partial charge on any atom is -0.328 e. The average Bonchev–Trinajstić information content (AvgIpc) is 2.56. The van der Waals surface area contributed by atoms with Gasteiger partial charge in [-0.15, -0.1) is 0 Å². The van der Waals surface area contributed by atoms with Gasteiger partial charge in [-0.1, -0.05) is 12.8 Å². The molecular weight excluding hydrogens is 457 g/mol. The number of halogens is 2. The van der Waals surface area contributed by atoms with Crippen LogP contribution >= 0.6 is 27.3 Å². The molecule has 0 spiro atoms. The van der Waals surface area contributed by atoms with Crippen LogP contribution in [-0.2, 0) is 13.5 Å². The standard InChI is InChI=1S/C17H35NP.C3H6.2ClH.Ru/c1-18(2,3)14-15-19(16-10-6-4-7-11-16)17-12-8-5-9-13-17;1-3-2;;;/h16-17H,4-15H2,1-3H3;1H,3H2,2H3;2*1H;/q+1;;;;+2/p-1. The molecule has 1 nitrogen and oxygen atoms in total. The summed E-state index contributed by atoms with van der Waals surface area (Å²) in [5.41, 5.74) is 2.35. The van der Waals surface area contributed by atoms with Crippen LogP contribution in [0.5, 0.6) is 0 Å². The predicted octanol–water partition coefficient (Wildman–Crippen LogP) is 6.70. The van der Waals surface area contributed by atoms with E-state index in [1.807, 2.05) is 11.5 Å². The van der Waals surface area contributed by atoms with E-state index in [4.69, 9.17) is 19.4 Å². The van der Waals surface area contributed by atoms with Crippen molar-refractivity contribution in [1.82, 2.24) is 0 Å². The minimum atomic E-state index is -1.39. The zero-order valence-electron chi connectivity index (χ0n) is 17.0. The Hall–Kier alpha value is 1.46. The molecule has 2 aliphatic rings. The van der Waals surface area contributed by atoms with Crippen LogP contribution in [0.4, 0.5) is 0 Å². The van der Waals surface area contributed by atoms with Crippen LogP contribution in [0.15, 0.2) is 0 Å². The van der Waals surface area contributed by atoms with Crippen molar-refractivity contribution in [3.8, 4) is 0 Å². The summed E-state index contributed by atoms with van der Waals surface area (Å²) in [5, 5.41) is 0. The normalized spacial score (nSPS) is 20.8. The molecule has 0 aromatic carbocycles. The third-order valence-corrected chi connectivity index (χ3v) is 12.2. The van der Waals surface area contributed by atoms with Gasteiger partial charge < -0.3 is 4.48 Å². The van der Waals surface area contributed by atoms with Crippen molar-refractivity contribution in [2.75, 3.05) is 33.8 Å². The van der Waals surface area contributed by atoms with Gasteiger partial charge in [-0.05, 0) is 51.4 Å². The second-order valence-corrected chi connectivity index (χ2v) is 18.0. The molecule has 0 atom stereocenters. The van der Waals surface area contributed by atoms with E-state index in [1.54, 1.807) is 31.8 Å². The van der Waals surface area contributed by atoms with Gasteiger partial charge in [-0.2, -0.15) is 0 Å². The number of rotatable bonds is 6. The van der Waals surface area contributed by atoms with Gasteiger partial charge in [0.2, 0.25) is 0 Å². The maximum absolute atomic E-state index is 5.43. The van der Waals surface area contributed by atoms with E-state index in [0.29, 0.717) is 0 Å². The van der Waals surface area contributed by atoms with Crippen molar-refractivity contribution in [3.63, 3.8) is 0 Å². The molecule has 2 rings (SSSR count). The third kappa shape index (κ3) is 11.8. The molecule has 0 saturated heterocycles. The zero-order valence-corrected chi connectivity index (χ0v) is 21.2. The molecule has 0 bridgehead atoms. The molecule has 2 saturated carbocycles. The second-order valence-electron chi connectivity index (χ2n) is 8.77. The van der Waals surface area contributed by atoms with E-state index in [2.05, 4.69) is 21.1 Å². The largest absolute Gasteiger partial charge is 0.328 e. The summed E-state index contributed by atoms with van der Waals surface area (Å²) in [5.74, 6) is 0. The molecule has 2 aliphatic carbocycles. The zero-order chi connectivity index (χ0) is 18.7. The smallest absolute Gasteiger partial charge is 0.112 e. The molecule has 0 radical (unpaired) electrons. The van der Waals surface area contributed by atoms with Gasteiger partial charge in [-0.25, -0.2) is 0 Å². The molecule has 0 N–H and O–H groups in total. The number of nitrogens with zero attached hydrogens (tertiary/aromatic N) is 1. The van der Waals surface area contributed by atoms with E-state index in [0.717, 1.165) is 6.42 Å². The summed E-state index contributed by atoms with van der Waals surface area (Å²) in [6.45, 7) is 3.45. The van der Waals surface area contributed by atoms with Gasteiger partial charge in [0.25, 0.3) is 0 Å². The Bertz CT molecular complexity index is 350. The maximum atomic E-state index is 5.43. The molecule has 0 amide bonds. The fourth-order valence-electron chi connectivity index (χ4n) is 4.26. The van der Waals surface area contributed by atoms with Crippen molar-refractivity contribution in [1.29, 1.82) is 0 Å². The molecular formula is C20H42Cl2NPRu+2. The van der Waals surface area contributed by atoms with E-state index in [1.165, 1.54) is 60.9 Å². The minimum absolute atomic E-state index is 0.0944.